The molecule has 0 spiro atoms. The standard InChI is InChI=1S/C24H28O11/c25-11-24-16-13(17(27)21(24)35-24)8-9-31-22(16)34-23-20(30)19(29)18(28)14(33-23)10-32-15(26)7-6-12-4-2-1-3-5-12/h1-9,13-14,16-23,25,27-30H,10-11H2/t13-,14-,16-,17+,18-,19+,20-,21+,22-,23+,24-/m1/s1. The number of aliphatic hydroxyl groups is 5. The number of aliphatic hydroxyl groups excluding tert-OH is 5. The molecule has 2 saturated heterocycles. The van der Waals surface area contributed by atoms with Gasteiger partial charge in [-0.25, -0.2) is 4.79 Å². The molecule has 0 amide bonds. The van der Waals surface area contributed by atoms with Gasteiger partial charge in [-0.05, 0) is 17.7 Å². The molecule has 3 heterocycles. The Kier molecular flexibility index (Phi) is 6.68. The largest absolute Gasteiger partial charge is 0.472 e. The molecule has 0 aromatic heterocycles. The second-order valence-corrected chi connectivity index (χ2v) is 9.10. The van der Waals surface area contributed by atoms with Gasteiger partial charge in [-0.3, -0.25) is 0 Å². The lowest BCUT2D eigenvalue weighted by atomic mass is 9.85. The van der Waals surface area contributed by atoms with Crippen LogP contribution in [0.1, 0.15) is 5.56 Å². The van der Waals surface area contributed by atoms with E-state index < -0.39 is 79.2 Å². The van der Waals surface area contributed by atoms with Gasteiger partial charge in [0.05, 0.1) is 24.9 Å². The van der Waals surface area contributed by atoms with Crippen LogP contribution in [0.2, 0.25) is 0 Å². The maximum atomic E-state index is 12.1. The van der Waals surface area contributed by atoms with E-state index in [2.05, 4.69) is 0 Å². The van der Waals surface area contributed by atoms with Crippen molar-refractivity contribution in [1.29, 1.82) is 0 Å². The first-order chi connectivity index (χ1) is 16.9. The third-order valence-corrected chi connectivity index (χ3v) is 7.05. The highest BCUT2D eigenvalue weighted by atomic mass is 16.8. The van der Waals surface area contributed by atoms with Crippen LogP contribution in [-0.4, -0.2) is 99.5 Å². The maximum Gasteiger partial charge on any atom is 0.330 e. The zero-order chi connectivity index (χ0) is 24.7. The first-order valence-corrected chi connectivity index (χ1v) is 11.4. The molecule has 3 aliphatic heterocycles. The SMILES string of the molecule is O=C(C=Cc1ccccc1)OC[C@H]1O[C@@H](O[C@H]2OC=C[C@H]3[C@H](O)[C@@H]4O[C@]4(CO)[C@@H]23)[C@H](O)[C@@H](O)[C@@H]1O. The van der Waals surface area contributed by atoms with E-state index in [0.29, 0.717) is 0 Å². The lowest BCUT2D eigenvalue weighted by Crippen LogP contribution is -2.60. The Morgan fingerprint density at radius 1 is 1.03 bits per heavy atom. The van der Waals surface area contributed by atoms with Crippen LogP contribution in [0.25, 0.3) is 6.08 Å². The molecular formula is C24H28O11. The Labute approximate surface area is 200 Å². The number of rotatable bonds is 7. The molecule has 1 aliphatic carbocycles. The number of hydrogen-bond acceptors (Lipinski definition) is 11. The maximum absolute atomic E-state index is 12.1. The lowest BCUT2D eigenvalue weighted by Gasteiger charge is -2.43. The van der Waals surface area contributed by atoms with Crippen molar-refractivity contribution in [2.45, 2.75) is 54.8 Å². The Bertz CT molecular complexity index is 967. The fourth-order valence-corrected chi connectivity index (χ4v) is 5.10. The fraction of sp³-hybridized carbons (Fsp3) is 0.542. The van der Waals surface area contributed by atoms with Gasteiger partial charge in [-0.1, -0.05) is 30.3 Å². The molecule has 3 fully saturated rings. The molecule has 0 bridgehead atoms. The molecule has 0 radical (unpaired) electrons. The quantitative estimate of drug-likeness (QED) is 0.174. The Morgan fingerprint density at radius 3 is 2.54 bits per heavy atom. The lowest BCUT2D eigenvalue weighted by molar-refractivity contribution is -0.344. The molecule has 1 aromatic carbocycles. The molecule has 11 heteroatoms. The van der Waals surface area contributed by atoms with Crippen molar-refractivity contribution in [2.75, 3.05) is 13.2 Å². The van der Waals surface area contributed by atoms with E-state index >= 15 is 0 Å². The van der Waals surface area contributed by atoms with Gasteiger partial charge in [0, 0.05) is 12.0 Å². The summed E-state index contributed by atoms with van der Waals surface area (Å²) in [6.07, 6.45) is -4.23. The number of benzene rings is 1. The third-order valence-electron chi connectivity index (χ3n) is 7.05. The molecule has 0 unspecified atom stereocenters. The molecule has 5 rings (SSSR count). The van der Waals surface area contributed by atoms with E-state index in [1.807, 2.05) is 30.3 Å². The number of ether oxygens (including phenoxy) is 5. The topological polar surface area (TPSA) is 168 Å². The minimum atomic E-state index is -1.65. The van der Waals surface area contributed by atoms with Gasteiger partial charge >= 0.3 is 5.97 Å². The predicted octanol–water partition coefficient (Wildman–Crippen LogP) is -1.33. The fourth-order valence-electron chi connectivity index (χ4n) is 5.10. The van der Waals surface area contributed by atoms with Gasteiger partial charge in [-0.2, -0.15) is 0 Å². The summed E-state index contributed by atoms with van der Waals surface area (Å²) in [5.41, 5.74) is -0.248. The van der Waals surface area contributed by atoms with E-state index in [9.17, 15) is 30.3 Å². The minimum Gasteiger partial charge on any atom is -0.472 e. The van der Waals surface area contributed by atoms with Crippen LogP contribution in [0, 0.1) is 11.8 Å². The summed E-state index contributed by atoms with van der Waals surface area (Å²) in [7, 11) is 0. The highest BCUT2D eigenvalue weighted by Crippen LogP contribution is 2.59. The second-order valence-electron chi connectivity index (χ2n) is 9.10. The Hall–Kier alpha value is -2.35. The first kappa shape index (κ1) is 24.3. The first-order valence-electron chi connectivity index (χ1n) is 11.4. The van der Waals surface area contributed by atoms with Gasteiger partial charge in [-0.15, -0.1) is 0 Å². The Balaban J connectivity index is 1.22. The van der Waals surface area contributed by atoms with E-state index in [1.165, 1.54) is 12.3 Å². The van der Waals surface area contributed by atoms with Crippen LogP contribution in [0.3, 0.4) is 0 Å². The van der Waals surface area contributed by atoms with Crippen LogP contribution in [-0.2, 0) is 28.5 Å². The predicted molar refractivity (Wildman–Crippen MR) is 116 cm³/mol. The van der Waals surface area contributed by atoms with Crippen molar-refractivity contribution >= 4 is 12.0 Å². The molecule has 11 nitrogen and oxygen atoms in total. The van der Waals surface area contributed by atoms with E-state index in [4.69, 9.17) is 23.7 Å². The van der Waals surface area contributed by atoms with Crippen LogP contribution >= 0.6 is 0 Å². The molecule has 5 N–H and O–H groups in total. The van der Waals surface area contributed by atoms with Crippen LogP contribution in [0.5, 0.6) is 0 Å². The van der Waals surface area contributed by atoms with Crippen molar-refractivity contribution in [3.63, 3.8) is 0 Å². The molecule has 4 aliphatic rings. The summed E-state index contributed by atoms with van der Waals surface area (Å²) in [6, 6.07) is 9.11. The van der Waals surface area contributed by atoms with Crippen LogP contribution in [0.15, 0.2) is 48.7 Å². The summed E-state index contributed by atoms with van der Waals surface area (Å²) in [4.78, 5) is 12.1. The Morgan fingerprint density at radius 2 is 1.80 bits per heavy atom. The summed E-state index contributed by atoms with van der Waals surface area (Å²) in [5.74, 6) is -1.70. The van der Waals surface area contributed by atoms with Gasteiger partial charge in [0.15, 0.2) is 6.29 Å². The number of carbonyl (C=O) groups excluding carboxylic acids is 1. The van der Waals surface area contributed by atoms with Crippen molar-refractivity contribution < 1.29 is 54.0 Å². The summed E-state index contributed by atoms with van der Waals surface area (Å²) in [6.45, 7) is -0.776. The number of fused-ring (bicyclic) bond motifs is 3. The number of epoxide rings is 1. The highest BCUT2D eigenvalue weighted by molar-refractivity contribution is 5.87. The number of hydrogen-bond donors (Lipinski definition) is 5. The smallest absolute Gasteiger partial charge is 0.330 e. The van der Waals surface area contributed by atoms with Gasteiger partial charge in [0.2, 0.25) is 6.29 Å². The van der Waals surface area contributed by atoms with E-state index in [-0.39, 0.29) is 6.61 Å². The molecular weight excluding hydrogens is 464 g/mol. The molecule has 11 atom stereocenters. The molecule has 35 heavy (non-hydrogen) atoms. The van der Waals surface area contributed by atoms with Crippen molar-refractivity contribution in [2.24, 2.45) is 11.8 Å². The van der Waals surface area contributed by atoms with Gasteiger partial charge in [0.25, 0.3) is 0 Å². The molecule has 190 valence electrons. The summed E-state index contributed by atoms with van der Waals surface area (Å²) < 4.78 is 27.7. The summed E-state index contributed by atoms with van der Waals surface area (Å²) in [5, 5.41) is 51.5. The number of esters is 1. The van der Waals surface area contributed by atoms with Crippen molar-refractivity contribution in [3.8, 4) is 0 Å². The minimum absolute atomic E-state index is 0.364. The van der Waals surface area contributed by atoms with E-state index in [1.54, 1.807) is 12.2 Å². The van der Waals surface area contributed by atoms with Gasteiger partial charge < -0.3 is 49.2 Å². The average molecular weight is 492 g/mol. The second kappa shape index (κ2) is 9.60. The zero-order valence-electron chi connectivity index (χ0n) is 18.6. The summed E-state index contributed by atoms with van der Waals surface area (Å²) >= 11 is 0. The molecule has 1 saturated carbocycles. The third kappa shape index (κ3) is 4.39. The van der Waals surface area contributed by atoms with Gasteiger partial charge in [0.1, 0.15) is 42.7 Å². The van der Waals surface area contributed by atoms with Crippen LogP contribution < -0.4 is 0 Å². The average Bonchev–Trinajstić information content (AvgIpc) is 3.57. The highest BCUT2D eigenvalue weighted by Gasteiger charge is 2.75. The van der Waals surface area contributed by atoms with E-state index in [0.717, 1.165) is 5.56 Å². The zero-order valence-corrected chi connectivity index (χ0v) is 18.6. The normalized spacial score (nSPS) is 43.9. The van der Waals surface area contributed by atoms with Crippen molar-refractivity contribution in [3.05, 3.63) is 54.3 Å². The van der Waals surface area contributed by atoms with Crippen molar-refractivity contribution in [1.82, 2.24) is 0 Å². The number of carbonyl (C=O) groups is 1. The van der Waals surface area contributed by atoms with Crippen LogP contribution in [0.4, 0.5) is 0 Å². The molecule has 1 aromatic rings. The monoisotopic (exact) mass is 492 g/mol.